The second-order valence-corrected chi connectivity index (χ2v) is 2.91. The highest BCUT2D eigenvalue weighted by molar-refractivity contribution is 5.18. The van der Waals surface area contributed by atoms with Gasteiger partial charge in [-0.1, -0.05) is 30.3 Å². The van der Waals surface area contributed by atoms with Crippen LogP contribution in [0, 0.1) is 0 Å². The molecule has 0 fully saturated rings. The molecule has 0 saturated heterocycles. The Morgan fingerprint density at radius 1 is 1.29 bits per heavy atom. The summed E-state index contributed by atoms with van der Waals surface area (Å²) < 4.78 is 0. The van der Waals surface area contributed by atoms with Gasteiger partial charge in [0, 0.05) is 6.04 Å². The molecule has 2 nitrogen and oxygen atoms in total. The third-order valence-electron chi connectivity index (χ3n) is 1.93. The number of hydrogen-bond acceptors (Lipinski definition) is 2. The molecule has 1 aromatic rings. The van der Waals surface area contributed by atoms with E-state index in [1.807, 2.05) is 25.2 Å². The van der Waals surface area contributed by atoms with Gasteiger partial charge in [-0.15, -0.1) is 13.2 Å². The predicted molar refractivity (Wildman–Crippen MR) is 63.2 cm³/mol. The van der Waals surface area contributed by atoms with Crippen LogP contribution in [0.1, 0.15) is 18.0 Å². The van der Waals surface area contributed by atoms with Gasteiger partial charge in [-0.05, 0) is 25.6 Å². The molecule has 1 unspecified atom stereocenters. The summed E-state index contributed by atoms with van der Waals surface area (Å²) in [6.07, 6.45) is 0.987. The largest absolute Gasteiger partial charge is 0.324 e. The van der Waals surface area contributed by atoms with Crippen molar-refractivity contribution in [2.75, 3.05) is 13.6 Å². The van der Waals surface area contributed by atoms with Gasteiger partial charge in [0.05, 0.1) is 0 Å². The van der Waals surface area contributed by atoms with Crippen molar-refractivity contribution in [3.63, 3.8) is 0 Å². The molecule has 0 radical (unpaired) electrons. The van der Waals surface area contributed by atoms with Crippen LogP contribution in [0.4, 0.5) is 0 Å². The maximum Gasteiger partial charge on any atom is 0.0306 e. The van der Waals surface area contributed by atoms with E-state index in [0.717, 1.165) is 13.0 Å². The molecular weight excluding hydrogens is 172 g/mol. The average molecular weight is 192 g/mol. The number of hydrogen-bond donors (Lipinski definition) is 2. The molecular formula is C12H20N2. The highest BCUT2D eigenvalue weighted by Gasteiger charge is 2.02. The molecule has 14 heavy (non-hydrogen) atoms. The number of nitrogens with one attached hydrogen (secondary N) is 1. The summed E-state index contributed by atoms with van der Waals surface area (Å²) in [6, 6.07) is 10.4. The summed E-state index contributed by atoms with van der Waals surface area (Å²) in [5.74, 6) is 0. The molecule has 0 heterocycles. The Morgan fingerprint density at radius 3 is 2.36 bits per heavy atom. The summed E-state index contributed by atoms with van der Waals surface area (Å²) in [4.78, 5) is 0. The van der Waals surface area contributed by atoms with E-state index in [9.17, 15) is 0 Å². The first-order valence-electron chi connectivity index (χ1n) is 4.79. The summed E-state index contributed by atoms with van der Waals surface area (Å²) in [5, 5.41) is 3.09. The van der Waals surface area contributed by atoms with Crippen molar-refractivity contribution in [1.29, 1.82) is 0 Å². The lowest BCUT2D eigenvalue weighted by Crippen LogP contribution is -2.17. The van der Waals surface area contributed by atoms with E-state index in [4.69, 9.17) is 5.73 Å². The molecule has 78 valence electrons. The topological polar surface area (TPSA) is 38.0 Å². The van der Waals surface area contributed by atoms with Gasteiger partial charge in [0.2, 0.25) is 0 Å². The fraction of sp³-hybridized carbons (Fsp3) is 0.333. The lowest BCUT2D eigenvalue weighted by atomic mass is 10.1. The third-order valence-corrected chi connectivity index (χ3v) is 1.93. The zero-order valence-electron chi connectivity index (χ0n) is 8.87. The first kappa shape index (κ1) is 12.9. The normalized spacial score (nSPS) is 11.3. The highest BCUT2D eigenvalue weighted by atomic mass is 14.8. The van der Waals surface area contributed by atoms with Crippen molar-refractivity contribution in [1.82, 2.24) is 5.32 Å². The van der Waals surface area contributed by atoms with Crippen LogP contribution in [0.15, 0.2) is 43.5 Å². The Bertz CT molecular complexity index is 221. The molecule has 0 saturated carbocycles. The molecule has 3 N–H and O–H groups in total. The lowest BCUT2D eigenvalue weighted by molar-refractivity contribution is 0.616. The molecule has 1 atom stereocenters. The van der Waals surface area contributed by atoms with Crippen molar-refractivity contribution < 1.29 is 0 Å². The predicted octanol–water partition coefficient (Wildman–Crippen LogP) is 2.10. The van der Waals surface area contributed by atoms with Crippen LogP contribution < -0.4 is 11.1 Å². The van der Waals surface area contributed by atoms with E-state index in [-0.39, 0.29) is 6.04 Å². The first-order chi connectivity index (χ1) is 6.84. The minimum Gasteiger partial charge on any atom is -0.324 e. The number of benzene rings is 1. The SMILES string of the molecule is C=C.CNCCC(N)c1ccccc1. The van der Waals surface area contributed by atoms with Crippen LogP contribution in [0.3, 0.4) is 0 Å². The minimum atomic E-state index is 0.165. The average Bonchev–Trinajstić information content (AvgIpc) is 2.30. The Kier molecular flexibility index (Phi) is 7.80. The van der Waals surface area contributed by atoms with Crippen molar-refractivity contribution in [2.24, 2.45) is 5.73 Å². The molecule has 2 heteroatoms. The minimum absolute atomic E-state index is 0.165. The Morgan fingerprint density at radius 2 is 1.86 bits per heavy atom. The molecule has 0 aliphatic heterocycles. The van der Waals surface area contributed by atoms with Gasteiger partial charge < -0.3 is 11.1 Å². The fourth-order valence-electron chi connectivity index (χ4n) is 1.17. The van der Waals surface area contributed by atoms with Gasteiger partial charge in [-0.25, -0.2) is 0 Å². The van der Waals surface area contributed by atoms with Crippen molar-refractivity contribution >= 4 is 0 Å². The number of rotatable bonds is 4. The van der Waals surface area contributed by atoms with Gasteiger partial charge in [-0.3, -0.25) is 0 Å². The quantitative estimate of drug-likeness (QED) is 0.717. The Hall–Kier alpha value is -1.12. The summed E-state index contributed by atoms with van der Waals surface area (Å²) in [6.45, 7) is 6.97. The molecule has 0 aliphatic rings. The first-order valence-corrected chi connectivity index (χ1v) is 4.79. The maximum atomic E-state index is 5.94. The molecule has 0 aromatic heterocycles. The smallest absolute Gasteiger partial charge is 0.0306 e. The molecule has 1 aromatic carbocycles. The van der Waals surface area contributed by atoms with Crippen LogP contribution in [-0.4, -0.2) is 13.6 Å². The van der Waals surface area contributed by atoms with Gasteiger partial charge >= 0.3 is 0 Å². The summed E-state index contributed by atoms with van der Waals surface area (Å²) >= 11 is 0. The van der Waals surface area contributed by atoms with Gasteiger partial charge in [0.15, 0.2) is 0 Å². The zero-order valence-corrected chi connectivity index (χ0v) is 8.87. The lowest BCUT2D eigenvalue weighted by Gasteiger charge is -2.10. The molecule has 0 bridgehead atoms. The van der Waals surface area contributed by atoms with E-state index >= 15 is 0 Å². The third kappa shape index (κ3) is 4.80. The summed E-state index contributed by atoms with van der Waals surface area (Å²) in [5.41, 5.74) is 7.16. The Balaban J connectivity index is 0.000000791. The van der Waals surface area contributed by atoms with E-state index < -0.39 is 0 Å². The van der Waals surface area contributed by atoms with E-state index in [1.165, 1.54) is 5.56 Å². The highest BCUT2D eigenvalue weighted by Crippen LogP contribution is 2.11. The molecule has 0 amide bonds. The molecule has 0 spiro atoms. The van der Waals surface area contributed by atoms with E-state index in [2.05, 4.69) is 30.6 Å². The van der Waals surface area contributed by atoms with Crippen LogP contribution in [0.5, 0.6) is 0 Å². The van der Waals surface area contributed by atoms with Crippen LogP contribution in [0.25, 0.3) is 0 Å². The van der Waals surface area contributed by atoms with Crippen LogP contribution in [0.2, 0.25) is 0 Å². The zero-order chi connectivity index (χ0) is 10.8. The summed E-state index contributed by atoms with van der Waals surface area (Å²) in [7, 11) is 1.94. The van der Waals surface area contributed by atoms with Gasteiger partial charge in [0.25, 0.3) is 0 Å². The van der Waals surface area contributed by atoms with E-state index in [1.54, 1.807) is 0 Å². The van der Waals surface area contributed by atoms with Gasteiger partial charge in [0.1, 0.15) is 0 Å². The van der Waals surface area contributed by atoms with Crippen LogP contribution in [-0.2, 0) is 0 Å². The fourth-order valence-corrected chi connectivity index (χ4v) is 1.17. The number of nitrogens with two attached hydrogens (primary N) is 1. The standard InChI is InChI=1S/C10H16N2.C2H4/c1-12-8-7-10(11)9-5-3-2-4-6-9;1-2/h2-6,10,12H,7-8,11H2,1H3;1-2H2. The molecule has 0 aliphatic carbocycles. The molecule has 1 rings (SSSR count). The van der Waals surface area contributed by atoms with E-state index in [0.29, 0.717) is 0 Å². The maximum absolute atomic E-state index is 5.94. The van der Waals surface area contributed by atoms with Crippen LogP contribution >= 0.6 is 0 Å². The second-order valence-electron chi connectivity index (χ2n) is 2.91. The van der Waals surface area contributed by atoms with Gasteiger partial charge in [-0.2, -0.15) is 0 Å². The second kappa shape index (κ2) is 8.48. The Labute approximate surface area is 86.8 Å². The monoisotopic (exact) mass is 192 g/mol. The van der Waals surface area contributed by atoms with Crippen molar-refractivity contribution in [2.45, 2.75) is 12.5 Å². The van der Waals surface area contributed by atoms with Crippen molar-refractivity contribution in [3.8, 4) is 0 Å². The van der Waals surface area contributed by atoms with Crippen molar-refractivity contribution in [3.05, 3.63) is 49.1 Å².